The summed E-state index contributed by atoms with van der Waals surface area (Å²) >= 11 is 0. The van der Waals surface area contributed by atoms with Gasteiger partial charge >= 0.3 is 0 Å². The number of nitrogens with one attached hydrogen (secondary N) is 1. The molecule has 1 heterocycles. The molecule has 0 fully saturated rings. The maximum atomic E-state index is 3.62. The molecule has 2 aromatic carbocycles. The SMILES string of the molecule is C=C/C=C\C=C/CN1CNc2ccccc21.Cc1cccc(C)c1. The lowest BCUT2D eigenvalue weighted by Crippen LogP contribution is -2.22. The van der Waals surface area contributed by atoms with Crippen molar-refractivity contribution in [3.8, 4) is 0 Å². The van der Waals surface area contributed by atoms with E-state index in [0.717, 1.165) is 13.2 Å². The van der Waals surface area contributed by atoms with E-state index in [2.05, 4.69) is 85.3 Å². The van der Waals surface area contributed by atoms with Gasteiger partial charge in [-0.15, -0.1) is 0 Å². The van der Waals surface area contributed by atoms with Crippen LogP contribution in [0.1, 0.15) is 11.1 Å². The second-order valence-electron chi connectivity index (χ2n) is 5.78. The van der Waals surface area contributed by atoms with Gasteiger partial charge in [0.15, 0.2) is 0 Å². The highest BCUT2D eigenvalue weighted by atomic mass is 15.3. The number of benzene rings is 2. The largest absolute Gasteiger partial charge is 0.366 e. The lowest BCUT2D eigenvalue weighted by molar-refractivity contribution is 0.959. The normalized spacial score (nSPS) is 12.7. The van der Waals surface area contributed by atoms with Crippen molar-refractivity contribution in [2.45, 2.75) is 13.8 Å². The summed E-state index contributed by atoms with van der Waals surface area (Å²) in [4.78, 5) is 2.30. The quantitative estimate of drug-likeness (QED) is 0.751. The molecule has 0 unspecified atom stereocenters. The van der Waals surface area contributed by atoms with Gasteiger partial charge in [0.2, 0.25) is 0 Å². The molecule has 0 aromatic heterocycles. The lowest BCUT2D eigenvalue weighted by Gasteiger charge is -2.14. The van der Waals surface area contributed by atoms with Gasteiger partial charge in [-0.3, -0.25) is 0 Å². The Balaban J connectivity index is 0.000000219. The molecule has 0 aliphatic carbocycles. The molecule has 1 aliphatic heterocycles. The van der Waals surface area contributed by atoms with E-state index in [4.69, 9.17) is 0 Å². The summed E-state index contributed by atoms with van der Waals surface area (Å²) in [5, 5.41) is 3.36. The van der Waals surface area contributed by atoms with Gasteiger partial charge in [0.1, 0.15) is 0 Å². The first-order valence-electron chi connectivity index (χ1n) is 8.26. The van der Waals surface area contributed by atoms with Crippen LogP contribution in [0.2, 0.25) is 0 Å². The topological polar surface area (TPSA) is 15.3 Å². The second kappa shape index (κ2) is 9.41. The molecule has 1 aliphatic rings. The van der Waals surface area contributed by atoms with Crippen LogP contribution in [0.3, 0.4) is 0 Å². The summed E-state index contributed by atoms with van der Waals surface area (Å²) in [6.07, 6.45) is 9.87. The molecule has 0 bridgehead atoms. The Kier molecular flexibility index (Phi) is 6.91. The Morgan fingerprint density at radius 1 is 1.00 bits per heavy atom. The number of hydrogen-bond acceptors (Lipinski definition) is 2. The molecule has 24 heavy (non-hydrogen) atoms. The molecule has 124 valence electrons. The molecule has 2 heteroatoms. The predicted molar refractivity (Wildman–Crippen MR) is 107 cm³/mol. The number of anilines is 2. The zero-order chi connectivity index (χ0) is 17.2. The fourth-order valence-electron chi connectivity index (χ4n) is 2.54. The zero-order valence-corrected chi connectivity index (χ0v) is 14.6. The summed E-state index contributed by atoms with van der Waals surface area (Å²) in [6.45, 7) is 9.64. The van der Waals surface area contributed by atoms with Crippen LogP contribution in [-0.2, 0) is 0 Å². The van der Waals surface area contributed by atoms with Gasteiger partial charge in [-0.2, -0.15) is 0 Å². The van der Waals surface area contributed by atoms with Crippen LogP contribution in [0, 0.1) is 13.8 Å². The van der Waals surface area contributed by atoms with Crippen LogP contribution in [-0.4, -0.2) is 13.2 Å². The number of rotatable bonds is 4. The maximum Gasteiger partial charge on any atom is 0.0881 e. The lowest BCUT2D eigenvalue weighted by atomic mass is 10.2. The van der Waals surface area contributed by atoms with E-state index in [1.807, 2.05) is 18.2 Å². The molecule has 0 spiro atoms. The molecule has 0 radical (unpaired) electrons. The van der Waals surface area contributed by atoms with Crippen LogP contribution in [0.5, 0.6) is 0 Å². The summed E-state index contributed by atoms with van der Waals surface area (Å²) in [6, 6.07) is 16.8. The smallest absolute Gasteiger partial charge is 0.0881 e. The second-order valence-corrected chi connectivity index (χ2v) is 5.78. The minimum Gasteiger partial charge on any atom is -0.366 e. The van der Waals surface area contributed by atoms with Crippen LogP contribution in [0.4, 0.5) is 11.4 Å². The van der Waals surface area contributed by atoms with Gasteiger partial charge in [0, 0.05) is 6.54 Å². The van der Waals surface area contributed by atoms with E-state index < -0.39 is 0 Å². The van der Waals surface area contributed by atoms with E-state index in [1.165, 1.54) is 22.5 Å². The zero-order valence-electron chi connectivity index (χ0n) is 14.6. The maximum absolute atomic E-state index is 3.62. The van der Waals surface area contributed by atoms with Crippen molar-refractivity contribution in [3.05, 3.63) is 96.6 Å². The molecule has 0 atom stereocenters. The molecular formula is C22H26N2. The molecular weight excluding hydrogens is 292 g/mol. The Hall–Kier alpha value is -2.74. The van der Waals surface area contributed by atoms with Crippen molar-refractivity contribution in [3.63, 3.8) is 0 Å². The van der Waals surface area contributed by atoms with E-state index in [0.29, 0.717) is 0 Å². The van der Waals surface area contributed by atoms with Crippen molar-refractivity contribution < 1.29 is 0 Å². The monoisotopic (exact) mass is 318 g/mol. The number of para-hydroxylation sites is 2. The molecule has 0 saturated heterocycles. The molecule has 0 amide bonds. The third-order valence-electron chi connectivity index (χ3n) is 3.70. The standard InChI is InChI=1S/C14H16N2.C8H10/c1-2-3-4-5-8-11-16-12-15-13-9-6-7-10-14(13)16;1-7-4-3-5-8(2)6-7/h2-10,15H,1,11-12H2;3-6H,1-2H3/b4-3-,8-5-;. The minimum atomic E-state index is 0.884. The number of allylic oxidation sites excluding steroid dienone is 4. The highest BCUT2D eigenvalue weighted by Gasteiger charge is 2.15. The third-order valence-corrected chi connectivity index (χ3v) is 3.70. The third kappa shape index (κ3) is 5.47. The van der Waals surface area contributed by atoms with E-state index in [-0.39, 0.29) is 0 Å². The van der Waals surface area contributed by atoms with Crippen LogP contribution < -0.4 is 10.2 Å². The summed E-state index contributed by atoms with van der Waals surface area (Å²) in [5.41, 5.74) is 5.17. The van der Waals surface area contributed by atoms with Gasteiger partial charge in [-0.1, -0.05) is 84.5 Å². The fourth-order valence-corrected chi connectivity index (χ4v) is 2.54. The van der Waals surface area contributed by atoms with Gasteiger partial charge < -0.3 is 10.2 Å². The van der Waals surface area contributed by atoms with Gasteiger partial charge in [0.05, 0.1) is 18.0 Å². The van der Waals surface area contributed by atoms with Crippen LogP contribution in [0.25, 0.3) is 0 Å². The first kappa shape index (κ1) is 17.6. The van der Waals surface area contributed by atoms with E-state index in [9.17, 15) is 0 Å². The van der Waals surface area contributed by atoms with Crippen molar-refractivity contribution in [2.75, 3.05) is 23.4 Å². The van der Waals surface area contributed by atoms with E-state index in [1.54, 1.807) is 6.08 Å². The van der Waals surface area contributed by atoms with Crippen LogP contribution >= 0.6 is 0 Å². The summed E-state index contributed by atoms with van der Waals surface area (Å²) < 4.78 is 0. The first-order chi connectivity index (χ1) is 11.7. The van der Waals surface area contributed by atoms with Gasteiger partial charge in [0.25, 0.3) is 0 Å². The molecule has 3 rings (SSSR count). The van der Waals surface area contributed by atoms with Gasteiger partial charge in [-0.25, -0.2) is 0 Å². The van der Waals surface area contributed by atoms with Crippen molar-refractivity contribution in [2.24, 2.45) is 0 Å². The number of aryl methyl sites for hydroxylation is 2. The van der Waals surface area contributed by atoms with Crippen molar-refractivity contribution in [1.29, 1.82) is 0 Å². The summed E-state index contributed by atoms with van der Waals surface area (Å²) in [5.74, 6) is 0. The average Bonchev–Trinajstić information content (AvgIpc) is 2.98. The Labute approximate surface area is 145 Å². The Morgan fingerprint density at radius 3 is 2.42 bits per heavy atom. The van der Waals surface area contributed by atoms with Crippen molar-refractivity contribution in [1.82, 2.24) is 0 Å². The predicted octanol–water partition coefficient (Wildman–Crippen LogP) is 5.48. The highest BCUT2D eigenvalue weighted by Crippen LogP contribution is 2.29. The number of nitrogens with zero attached hydrogens (tertiary/aromatic N) is 1. The molecule has 1 N–H and O–H groups in total. The number of fused-ring (bicyclic) bond motifs is 1. The fraction of sp³-hybridized carbons (Fsp3) is 0.182. The molecule has 2 nitrogen and oxygen atoms in total. The van der Waals surface area contributed by atoms with Gasteiger partial charge in [-0.05, 0) is 26.0 Å². The Morgan fingerprint density at radius 2 is 1.75 bits per heavy atom. The van der Waals surface area contributed by atoms with Crippen molar-refractivity contribution >= 4 is 11.4 Å². The molecule has 2 aromatic rings. The highest BCUT2D eigenvalue weighted by molar-refractivity contribution is 5.74. The number of hydrogen-bond donors (Lipinski definition) is 1. The van der Waals surface area contributed by atoms with Crippen LogP contribution in [0.15, 0.2) is 85.5 Å². The summed E-state index contributed by atoms with van der Waals surface area (Å²) in [7, 11) is 0. The first-order valence-corrected chi connectivity index (χ1v) is 8.26. The molecule has 0 saturated carbocycles. The average molecular weight is 318 g/mol. The Bertz CT molecular complexity index is 696. The minimum absolute atomic E-state index is 0.884. The van der Waals surface area contributed by atoms with E-state index >= 15 is 0 Å².